The summed E-state index contributed by atoms with van der Waals surface area (Å²) in [5, 5.41) is 1.25. The Balaban J connectivity index is 2.07. The molecule has 0 aromatic heterocycles. The largest absolute Gasteiger partial charge is 0.327 e. The number of nitrogens with zero attached hydrogens (tertiary/aromatic N) is 1. The molecule has 0 atom stereocenters. The zero-order valence-corrected chi connectivity index (χ0v) is 12.0. The molecule has 0 fully saturated rings. The van der Waals surface area contributed by atoms with Crippen LogP contribution in [-0.4, -0.2) is 16.8 Å². The number of nitrogens with one attached hydrogen (secondary N) is 2. The second-order valence-corrected chi connectivity index (χ2v) is 4.67. The molecular weight excluding hydrogens is 280 g/mol. The standard InChI is InChI=1S/C16H18N4O2/c17-19-15(21)16(22)20(12-14-9-5-2-6-10-14)18-11-13-7-3-1-4-8-13/h1-10,18H,11-12,17H2,(H,19,21). The van der Waals surface area contributed by atoms with Gasteiger partial charge in [-0.15, -0.1) is 0 Å². The smallest absolute Gasteiger partial charge is 0.286 e. The van der Waals surface area contributed by atoms with Crippen molar-refractivity contribution in [2.45, 2.75) is 13.1 Å². The van der Waals surface area contributed by atoms with E-state index in [0.29, 0.717) is 6.54 Å². The number of rotatable bonds is 5. The second-order valence-electron chi connectivity index (χ2n) is 4.67. The van der Waals surface area contributed by atoms with Gasteiger partial charge in [-0.3, -0.25) is 20.0 Å². The van der Waals surface area contributed by atoms with Crippen LogP contribution in [0.25, 0.3) is 0 Å². The van der Waals surface area contributed by atoms with Crippen molar-refractivity contribution < 1.29 is 9.59 Å². The molecule has 2 amide bonds. The third-order valence-electron chi connectivity index (χ3n) is 3.07. The van der Waals surface area contributed by atoms with Gasteiger partial charge in [-0.05, 0) is 11.1 Å². The van der Waals surface area contributed by atoms with Gasteiger partial charge in [-0.2, -0.15) is 0 Å². The summed E-state index contributed by atoms with van der Waals surface area (Å²) in [7, 11) is 0. The zero-order valence-electron chi connectivity index (χ0n) is 12.0. The van der Waals surface area contributed by atoms with Gasteiger partial charge in [0, 0.05) is 6.54 Å². The van der Waals surface area contributed by atoms with Crippen LogP contribution in [0.1, 0.15) is 11.1 Å². The molecule has 0 unspecified atom stereocenters. The Morgan fingerprint density at radius 3 is 2.00 bits per heavy atom. The lowest BCUT2D eigenvalue weighted by Crippen LogP contribution is -2.50. The molecule has 2 rings (SSSR count). The molecule has 0 spiro atoms. The Morgan fingerprint density at radius 1 is 0.909 bits per heavy atom. The Kier molecular flexibility index (Phi) is 5.65. The first kappa shape index (κ1) is 15.7. The first-order valence-corrected chi connectivity index (χ1v) is 6.84. The lowest BCUT2D eigenvalue weighted by Gasteiger charge is -2.22. The predicted octanol–water partition coefficient (Wildman–Crippen LogP) is 0.710. The molecule has 0 aliphatic rings. The van der Waals surface area contributed by atoms with Crippen molar-refractivity contribution in [1.29, 1.82) is 0 Å². The van der Waals surface area contributed by atoms with Crippen molar-refractivity contribution in [2.24, 2.45) is 5.84 Å². The van der Waals surface area contributed by atoms with Crippen LogP contribution >= 0.6 is 0 Å². The van der Waals surface area contributed by atoms with Crippen LogP contribution in [-0.2, 0) is 22.7 Å². The summed E-state index contributed by atoms with van der Waals surface area (Å²) in [4.78, 5) is 23.6. The van der Waals surface area contributed by atoms with E-state index >= 15 is 0 Å². The SMILES string of the molecule is NNC(=O)C(=O)N(Cc1ccccc1)NCc1ccccc1. The monoisotopic (exact) mass is 298 g/mol. The zero-order chi connectivity index (χ0) is 15.8. The number of nitrogens with two attached hydrogens (primary N) is 1. The van der Waals surface area contributed by atoms with Crippen LogP contribution in [0.4, 0.5) is 0 Å². The van der Waals surface area contributed by atoms with Crippen molar-refractivity contribution in [3.63, 3.8) is 0 Å². The summed E-state index contributed by atoms with van der Waals surface area (Å²) in [6.07, 6.45) is 0. The van der Waals surface area contributed by atoms with E-state index in [4.69, 9.17) is 5.84 Å². The lowest BCUT2D eigenvalue weighted by atomic mass is 10.2. The maximum atomic E-state index is 12.1. The fourth-order valence-corrected chi connectivity index (χ4v) is 1.93. The van der Waals surface area contributed by atoms with Crippen molar-refractivity contribution in [1.82, 2.24) is 15.9 Å². The van der Waals surface area contributed by atoms with E-state index in [0.717, 1.165) is 11.1 Å². The van der Waals surface area contributed by atoms with Gasteiger partial charge in [0.2, 0.25) is 0 Å². The number of carbonyl (C=O) groups excluding carboxylic acids is 2. The number of benzene rings is 2. The third kappa shape index (κ3) is 4.41. The number of hydrogen-bond donors (Lipinski definition) is 3. The van der Waals surface area contributed by atoms with Gasteiger partial charge in [0.25, 0.3) is 0 Å². The van der Waals surface area contributed by atoms with Gasteiger partial charge in [0.05, 0.1) is 6.54 Å². The van der Waals surface area contributed by atoms with Gasteiger partial charge in [-0.25, -0.2) is 11.3 Å². The minimum atomic E-state index is -0.864. The predicted molar refractivity (Wildman–Crippen MR) is 82.6 cm³/mol. The molecule has 2 aromatic carbocycles. The van der Waals surface area contributed by atoms with Crippen molar-refractivity contribution in [3.8, 4) is 0 Å². The maximum absolute atomic E-state index is 12.1. The molecule has 0 bridgehead atoms. The molecule has 0 saturated heterocycles. The van der Waals surface area contributed by atoms with Gasteiger partial charge in [0.15, 0.2) is 0 Å². The highest BCUT2D eigenvalue weighted by molar-refractivity contribution is 6.34. The number of hydrazine groups is 2. The molecule has 4 N–H and O–H groups in total. The first-order valence-electron chi connectivity index (χ1n) is 6.84. The number of hydrogen-bond acceptors (Lipinski definition) is 4. The van der Waals surface area contributed by atoms with Crippen molar-refractivity contribution in [2.75, 3.05) is 0 Å². The van der Waals surface area contributed by atoms with Crippen LogP contribution < -0.4 is 16.7 Å². The molecule has 0 saturated carbocycles. The normalized spacial score (nSPS) is 10.0. The topological polar surface area (TPSA) is 87.5 Å². The average Bonchev–Trinajstić information content (AvgIpc) is 2.59. The Labute approximate surface area is 128 Å². The van der Waals surface area contributed by atoms with Gasteiger partial charge < -0.3 is 0 Å². The maximum Gasteiger partial charge on any atom is 0.327 e. The highest BCUT2D eigenvalue weighted by Crippen LogP contribution is 2.04. The molecule has 6 nitrogen and oxygen atoms in total. The highest BCUT2D eigenvalue weighted by Gasteiger charge is 2.21. The average molecular weight is 298 g/mol. The van der Waals surface area contributed by atoms with E-state index < -0.39 is 11.8 Å². The van der Waals surface area contributed by atoms with Crippen LogP contribution in [0.15, 0.2) is 60.7 Å². The lowest BCUT2D eigenvalue weighted by molar-refractivity contribution is -0.148. The summed E-state index contributed by atoms with van der Waals surface area (Å²) < 4.78 is 0. The quantitative estimate of drug-likeness (QED) is 0.328. The molecule has 22 heavy (non-hydrogen) atoms. The van der Waals surface area contributed by atoms with E-state index in [1.165, 1.54) is 5.01 Å². The Hall–Kier alpha value is -2.70. The van der Waals surface area contributed by atoms with Crippen LogP contribution in [0.5, 0.6) is 0 Å². The van der Waals surface area contributed by atoms with Gasteiger partial charge in [0.1, 0.15) is 0 Å². The Morgan fingerprint density at radius 2 is 1.45 bits per heavy atom. The molecule has 2 aromatic rings. The van der Waals surface area contributed by atoms with Gasteiger partial charge in [-0.1, -0.05) is 60.7 Å². The minimum absolute atomic E-state index is 0.264. The van der Waals surface area contributed by atoms with E-state index in [9.17, 15) is 9.59 Å². The molecule has 0 aliphatic heterocycles. The molecule has 0 aliphatic carbocycles. The molecule has 114 valence electrons. The summed E-state index contributed by atoms with van der Waals surface area (Å²) in [6, 6.07) is 19.0. The number of carbonyl (C=O) groups is 2. The second kappa shape index (κ2) is 7.92. The number of amides is 2. The van der Waals surface area contributed by atoms with E-state index in [-0.39, 0.29) is 6.54 Å². The first-order chi connectivity index (χ1) is 10.7. The van der Waals surface area contributed by atoms with E-state index in [2.05, 4.69) is 5.43 Å². The van der Waals surface area contributed by atoms with Crippen LogP contribution in [0.3, 0.4) is 0 Å². The van der Waals surface area contributed by atoms with Crippen LogP contribution in [0.2, 0.25) is 0 Å². The summed E-state index contributed by atoms with van der Waals surface area (Å²) in [5.74, 6) is 3.44. The molecular formula is C16H18N4O2. The van der Waals surface area contributed by atoms with Crippen LogP contribution in [0, 0.1) is 0 Å². The molecule has 6 heteroatoms. The van der Waals surface area contributed by atoms with E-state index in [1.54, 1.807) is 0 Å². The van der Waals surface area contributed by atoms with E-state index in [1.807, 2.05) is 66.1 Å². The summed E-state index contributed by atoms with van der Waals surface area (Å²) >= 11 is 0. The minimum Gasteiger partial charge on any atom is -0.286 e. The molecule has 0 heterocycles. The van der Waals surface area contributed by atoms with Crippen molar-refractivity contribution >= 4 is 11.8 Å². The fourth-order valence-electron chi connectivity index (χ4n) is 1.93. The molecule has 0 radical (unpaired) electrons. The Bertz CT molecular complexity index is 617. The third-order valence-corrected chi connectivity index (χ3v) is 3.07. The summed E-state index contributed by atoms with van der Waals surface area (Å²) in [5.41, 5.74) is 6.73. The summed E-state index contributed by atoms with van der Waals surface area (Å²) in [6.45, 7) is 0.692. The fraction of sp³-hybridized carbons (Fsp3) is 0.125. The highest BCUT2D eigenvalue weighted by atomic mass is 16.2. The van der Waals surface area contributed by atoms with Crippen molar-refractivity contribution in [3.05, 3.63) is 71.8 Å². The van der Waals surface area contributed by atoms with Gasteiger partial charge >= 0.3 is 11.8 Å².